The number of aliphatic hydroxyl groups is 1. The van der Waals surface area contributed by atoms with E-state index in [1.54, 1.807) is 7.11 Å². The highest BCUT2D eigenvalue weighted by atomic mass is 16.5. The highest BCUT2D eigenvalue weighted by Crippen LogP contribution is 2.56. The second-order valence-corrected chi connectivity index (χ2v) is 8.87. The highest BCUT2D eigenvalue weighted by Gasteiger charge is 2.53. The molecule has 0 aromatic rings. The SMILES string of the molecule is COC1=C2CCNC2C2CCC3(O)CCC(=O)CC3C2=C1CC1CC1. The second-order valence-electron chi connectivity index (χ2n) is 8.87. The number of Topliss-reactive ketones (excluding diaryl/α,β-unsaturated/α-hetero) is 1. The molecule has 0 aromatic heterocycles. The minimum absolute atomic E-state index is 0.00958. The van der Waals surface area contributed by atoms with Crippen LogP contribution in [0, 0.1) is 17.8 Å². The molecule has 4 nitrogen and oxygen atoms in total. The molecule has 5 rings (SSSR count). The van der Waals surface area contributed by atoms with Gasteiger partial charge in [0.1, 0.15) is 11.5 Å². The predicted molar refractivity (Wildman–Crippen MR) is 94.8 cm³/mol. The van der Waals surface area contributed by atoms with Crippen molar-refractivity contribution in [3.63, 3.8) is 0 Å². The molecule has 0 aromatic carbocycles. The fourth-order valence-electron chi connectivity index (χ4n) is 6.03. The molecule has 0 amide bonds. The smallest absolute Gasteiger partial charge is 0.133 e. The van der Waals surface area contributed by atoms with Gasteiger partial charge in [0.05, 0.1) is 12.7 Å². The maximum Gasteiger partial charge on any atom is 0.133 e. The topological polar surface area (TPSA) is 58.6 Å². The fraction of sp³-hybridized carbons (Fsp3) is 0.762. The average Bonchev–Trinajstić information content (AvgIpc) is 3.28. The molecule has 4 unspecified atom stereocenters. The number of hydrogen-bond acceptors (Lipinski definition) is 4. The van der Waals surface area contributed by atoms with Gasteiger partial charge in [-0.3, -0.25) is 4.79 Å². The number of carbonyl (C=O) groups is 1. The Morgan fingerprint density at radius 3 is 2.84 bits per heavy atom. The molecular formula is C21H29NO3. The maximum atomic E-state index is 12.3. The van der Waals surface area contributed by atoms with E-state index in [-0.39, 0.29) is 5.92 Å². The fourth-order valence-corrected chi connectivity index (χ4v) is 6.03. The van der Waals surface area contributed by atoms with Crippen LogP contribution >= 0.6 is 0 Å². The number of allylic oxidation sites excluding steroid dienone is 1. The van der Waals surface area contributed by atoms with Crippen LogP contribution in [0.2, 0.25) is 0 Å². The molecule has 5 aliphatic rings. The zero-order chi connectivity index (χ0) is 17.2. The highest BCUT2D eigenvalue weighted by molar-refractivity contribution is 5.80. The summed E-state index contributed by atoms with van der Waals surface area (Å²) in [5.74, 6) is 2.64. The van der Waals surface area contributed by atoms with E-state index in [9.17, 15) is 9.90 Å². The van der Waals surface area contributed by atoms with Gasteiger partial charge in [-0.05, 0) is 68.6 Å². The summed E-state index contributed by atoms with van der Waals surface area (Å²) >= 11 is 0. The molecule has 2 N–H and O–H groups in total. The van der Waals surface area contributed by atoms with Crippen molar-refractivity contribution in [3.05, 3.63) is 22.5 Å². The normalized spacial score (nSPS) is 40.7. The van der Waals surface area contributed by atoms with Crippen molar-refractivity contribution in [2.45, 2.75) is 69.4 Å². The summed E-state index contributed by atoms with van der Waals surface area (Å²) in [6.45, 7) is 1.02. The third-order valence-corrected chi connectivity index (χ3v) is 7.42. The Balaban J connectivity index is 1.65. The predicted octanol–water partition coefficient (Wildman–Crippen LogP) is 2.87. The van der Waals surface area contributed by atoms with Gasteiger partial charge < -0.3 is 15.2 Å². The second kappa shape index (κ2) is 5.68. The average molecular weight is 343 g/mol. The number of fused-ring (bicyclic) bond motifs is 5. The lowest BCUT2D eigenvalue weighted by Crippen LogP contribution is -2.53. The summed E-state index contributed by atoms with van der Waals surface area (Å²) in [6.07, 6.45) is 8.34. The molecule has 3 saturated carbocycles. The Morgan fingerprint density at radius 1 is 1.24 bits per heavy atom. The van der Waals surface area contributed by atoms with Gasteiger partial charge in [0.25, 0.3) is 0 Å². The van der Waals surface area contributed by atoms with Crippen LogP contribution in [0.4, 0.5) is 0 Å². The zero-order valence-electron chi connectivity index (χ0n) is 15.1. The number of nitrogens with one attached hydrogen (secondary N) is 1. The number of hydrogen-bond donors (Lipinski definition) is 2. The molecule has 1 heterocycles. The van der Waals surface area contributed by atoms with E-state index >= 15 is 0 Å². The van der Waals surface area contributed by atoms with Crippen molar-refractivity contribution in [2.75, 3.05) is 13.7 Å². The number of ketones is 1. The van der Waals surface area contributed by atoms with E-state index in [4.69, 9.17) is 4.74 Å². The molecular weight excluding hydrogens is 314 g/mol. The molecule has 4 aliphatic carbocycles. The minimum Gasteiger partial charge on any atom is -0.496 e. The van der Waals surface area contributed by atoms with Crippen molar-refractivity contribution in [1.82, 2.24) is 5.32 Å². The van der Waals surface area contributed by atoms with Crippen LogP contribution in [0.25, 0.3) is 0 Å². The van der Waals surface area contributed by atoms with Crippen molar-refractivity contribution >= 4 is 5.78 Å². The Labute approximate surface area is 149 Å². The Bertz CT molecular complexity index is 675. The van der Waals surface area contributed by atoms with Crippen LogP contribution in [0.3, 0.4) is 0 Å². The van der Waals surface area contributed by atoms with E-state index < -0.39 is 5.60 Å². The molecule has 0 bridgehead atoms. The first kappa shape index (κ1) is 16.1. The van der Waals surface area contributed by atoms with Crippen molar-refractivity contribution in [3.8, 4) is 0 Å². The maximum absolute atomic E-state index is 12.3. The third kappa shape index (κ3) is 2.44. The molecule has 1 saturated heterocycles. The molecule has 136 valence electrons. The summed E-state index contributed by atoms with van der Waals surface area (Å²) in [5.41, 5.74) is 3.51. The third-order valence-electron chi connectivity index (χ3n) is 7.42. The van der Waals surface area contributed by atoms with Crippen LogP contribution in [0.1, 0.15) is 57.8 Å². The molecule has 4 atom stereocenters. The minimum atomic E-state index is -0.677. The van der Waals surface area contributed by atoms with E-state index in [2.05, 4.69) is 5.32 Å². The van der Waals surface area contributed by atoms with Gasteiger partial charge >= 0.3 is 0 Å². The molecule has 25 heavy (non-hydrogen) atoms. The van der Waals surface area contributed by atoms with Gasteiger partial charge in [-0.15, -0.1) is 0 Å². The van der Waals surface area contributed by atoms with Gasteiger partial charge in [0.15, 0.2) is 0 Å². The van der Waals surface area contributed by atoms with Gasteiger partial charge in [0, 0.05) is 30.7 Å². The monoisotopic (exact) mass is 343 g/mol. The van der Waals surface area contributed by atoms with E-state index in [0.717, 1.165) is 43.9 Å². The molecule has 0 radical (unpaired) electrons. The number of ether oxygens (including phenoxy) is 1. The van der Waals surface area contributed by atoms with Gasteiger partial charge in [-0.25, -0.2) is 0 Å². The number of carbonyl (C=O) groups excluding carboxylic acids is 1. The molecule has 1 aliphatic heterocycles. The van der Waals surface area contributed by atoms with Crippen LogP contribution in [-0.4, -0.2) is 36.2 Å². The van der Waals surface area contributed by atoms with Crippen molar-refractivity contribution < 1.29 is 14.6 Å². The van der Waals surface area contributed by atoms with E-state index in [1.807, 2.05) is 0 Å². The lowest BCUT2D eigenvalue weighted by Gasteiger charge is -2.51. The van der Waals surface area contributed by atoms with Crippen LogP contribution in [0.15, 0.2) is 22.5 Å². The van der Waals surface area contributed by atoms with Crippen LogP contribution < -0.4 is 5.32 Å². The quantitative estimate of drug-likeness (QED) is 0.827. The standard InChI is InChI=1S/C21H29NO3/c1-25-20-15-6-9-22-19(15)14-5-8-21(24)7-4-13(23)11-17(21)18(14)16(20)10-12-2-3-12/h12,14,17,19,22,24H,2-11H2,1H3. The van der Waals surface area contributed by atoms with Gasteiger partial charge in [-0.2, -0.15) is 0 Å². The lowest BCUT2D eigenvalue weighted by atomic mass is 9.57. The first-order valence-electron chi connectivity index (χ1n) is 10.1. The number of methoxy groups -OCH3 is 1. The first-order chi connectivity index (χ1) is 12.1. The summed E-state index contributed by atoms with van der Waals surface area (Å²) < 4.78 is 5.95. The van der Waals surface area contributed by atoms with Gasteiger partial charge in [0.2, 0.25) is 0 Å². The zero-order valence-corrected chi connectivity index (χ0v) is 15.1. The van der Waals surface area contributed by atoms with Crippen LogP contribution in [-0.2, 0) is 9.53 Å². The van der Waals surface area contributed by atoms with E-state index in [1.165, 1.54) is 29.6 Å². The van der Waals surface area contributed by atoms with Gasteiger partial charge in [-0.1, -0.05) is 5.57 Å². The largest absolute Gasteiger partial charge is 0.496 e. The van der Waals surface area contributed by atoms with Crippen molar-refractivity contribution in [1.29, 1.82) is 0 Å². The summed E-state index contributed by atoms with van der Waals surface area (Å²) in [7, 11) is 1.80. The Kier molecular flexibility index (Phi) is 3.65. The summed E-state index contributed by atoms with van der Waals surface area (Å²) in [6, 6.07) is 0.356. The molecule has 4 fully saturated rings. The molecule has 4 heteroatoms. The Hall–Kier alpha value is -1.13. The Morgan fingerprint density at radius 2 is 2.08 bits per heavy atom. The van der Waals surface area contributed by atoms with Crippen LogP contribution in [0.5, 0.6) is 0 Å². The molecule has 0 spiro atoms. The van der Waals surface area contributed by atoms with Crippen molar-refractivity contribution in [2.24, 2.45) is 17.8 Å². The summed E-state index contributed by atoms with van der Waals surface area (Å²) in [4.78, 5) is 12.3. The summed E-state index contributed by atoms with van der Waals surface area (Å²) in [5, 5.41) is 15.0. The van der Waals surface area contributed by atoms with E-state index in [0.29, 0.717) is 37.0 Å². The lowest BCUT2D eigenvalue weighted by molar-refractivity contribution is -0.132. The number of rotatable bonds is 3. The first-order valence-corrected chi connectivity index (χ1v) is 10.1.